The van der Waals surface area contributed by atoms with Crippen LogP contribution in [0.3, 0.4) is 0 Å². The molecule has 1 N–H and O–H groups in total. The fourth-order valence-corrected chi connectivity index (χ4v) is 2.39. The van der Waals surface area contributed by atoms with Gasteiger partial charge in [-0.3, -0.25) is 0 Å². The SMILES string of the molecule is CCC(C)(CNC)CN1CCC(OC)C1. The van der Waals surface area contributed by atoms with Gasteiger partial charge >= 0.3 is 0 Å². The van der Waals surface area contributed by atoms with Crippen LogP contribution in [0.4, 0.5) is 0 Å². The Hall–Kier alpha value is -0.120. The molecular weight excluding hydrogens is 188 g/mol. The number of rotatable bonds is 6. The van der Waals surface area contributed by atoms with Crippen molar-refractivity contribution in [3.05, 3.63) is 0 Å². The third-order valence-corrected chi connectivity index (χ3v) is 3.62. The molecule has 0 aromatic heterocycles. The Balaban J connectivity index is 2.39. The van der Waals surface area contributed by atoms with E-state index in [1.807, 2.05) is 14.2 Å². The minimum atomic E-state index is 0.400. The third kappa shape index (κ3) is 3.74. The van der Waals surface area contributed by atoms with Gasteiger partial charge in [0.05, 0.1) is 6.10 Å². The number of likely N-dealkylation sites (tertiary alicyclic amines) is 1. The van der Waals surface area contributed by atoms with Gasteiger partial charge in [-0.25, -0.2) is 0 Å². The summed E-state index contributed by atoms with van der Waals surface area (Å²) in [5, 5.41) is 3.30. The summed E-state index contributed by atoms with van der Waals surface area (Å²) in [5.41, 5.74) is 0.400. The highest BCUT2D eigenvalue weighted by atomic mass is 16.5. The van der Waals surface area contributed by atoms with Gasteiger partial charge in [0.2, 0.25) is 0 Å². The standard InChI is InChI=1S/C12H26N2O/c1-5-12(2,9-13-3)10-14-7-6-11(8-14)15-4/h11,13H,5-10H2,1-4H3. The zero-order chi connectivity index (χ0) is 11.3. The van der Waals surface area contributed by atoms with E-state index in [1.165, 1.54) is 25.9 Å². The minimum Gasteiger partial charge on any atom is -0.380 e. The van der Waals surface area contributed by atoms with Crippen LogP contribution in [0.2, 0.25) is 0 Å². The van der Waals surface area contributed by atoms with Crippen LogP contribution in [0, 0.1) is 5.41 Å². The minimum absolute atomic E-state index is 0.400. The summed E-state index contributed by atoms with van der Waals surface area (Å²) >= 11 is 0. The van der Waals surface area contributed by atoms with Gasteiger partial charge in [-0.2, -0.15) is 0 Å². The van der Waals surface area contributed by atoms with Crippen molar-refractivity contribution in [2.45, 2.75) is 32.8 Å². The Labute approximate surface area is 94.2 Å². The molecular formula is C12H26N2O. The molecule has 0 amide bonds. The van der Waals surface area contributed by atoms with Crippen molar-refractivity contribution in [1.29, 1.82) is 0 Å². The van der Waals surface area contributed by atoms with E-state index < -0.39 is 0 Å². The summed E-state index contributed by atoms with van der Waals surface area (Å²) in [6.07, 6.45) is 2.87. The molecule has 0 aromatic carbocycles. The fourth-order valence-electron chi connectivity index (χ4n) is 2.39. The summed E-state index contributed by atoms with van der Waals surface area (Å²) in [7, 11) is 3.86. The lowest BCUT2D eigenvalue weighted by Gasteiger charge is -2.32. The smallest absolute Gasteiger partial charge is 0.0710 e. The zero-order valence-corrected chi connectivity index (χ0v) is 10.7. The molecule has 1 heterocycles. The third-order valence-electron chi connectivity index (χ3n) is 3.62. The Morgan fingerprint density at radius 1 is 1.53 bits per heavy atom. The van der Waals surface area contributed by atoms with E-state index >= 15 is 0 Å². The number of hydrogen-bond donors (Lipinski definition) is 1. The van der Waals surface area contributed by atoms with Gasteiger partial charge in [-0.15, -0.1) is 0 Å². The van der Waals surface area contributed by atoms with Crippen molar-refractivity contribution in [1.82, 2.24) is 10.2 Å². The van der Waals surface area contributed by atoms with Crippen LogP contribution in [0.25, 0.3) is 0 Å². The second-order valence-electron chi connectivity index (χ2n) is 5.08. The number of nitrogens with one attached hydrogen (secondary N) is 1. The first-order chi connectivity index (χ1) is 7.13. The van der Waals surface area contributed by atoms with E-state index in [4.69, 9.17) is 4.74 Å². The molecule has 1 aliphatic rings. The number of nitrogens with zero attached hydrogens (tertiary/aromatic N) is 1. The van der Waals surface area contributed by atoms with Crippen LogP contribution < -0.4 is 5.32 Å². The number of methoxy groups -OCH3 is 1. The average molecular weight is 214 g/mol. The Kier molecular flexibility index (Phi) is 5.03. The van der Waals surface area contributed by atoms with Crippen molar-refractivity contribution in [3.63, 3.8) is 0 Å². The molecule has 3 heteroatoms. The monoisotopic (exact) mass is 214 g/mol. The largest absolute Gasteiger partial charge is 0.380 e. The van der Waals surface area contributed by atoms with Crippen LogP contribution in [0.5, 0.6) is 0 Å². The van der Waals surface area contributed by atoms with Gasteiger partial charge in [0, 0.05) is 33.3 Å². The van der Waals surface area contributed by atoms with E-state index in [0.717, 1.165) is 13.1 Å². The molecule has 0 aliphatic carbocycles. The highest BCUT2D eigenvalue weighted by molar-refractivity contribution is 4.84. The van der Waals surface area contributed by atoms with E-state index in [-0.39, 0.29) is 0 Å². The van der Waals surface area contributed by atoms with Crippen LogP contribution in [-0.2, 0) is 4.74 Å². The van der Waals surface area contributed by atoms with E-state index in [9.17, 15) is 0 Å². The molecule has 1 rings (SSSR count). The maximum atomic E-state index is 5.39. The Morgan fingerprint density at radius 2 is 2.27 bits per heavy atom. The quantitative estimate of drug-likeness (QED) is 0.722. The molecule has 90 valence electrons. The molecule has 2 unspecified atom stereocenters. The van der Waals surface area contributed by atoms with Gasteiger partial charge in [0.15, 0.2) is 0 Å². The molecule has 0 saturated carbocycles. The highest BCUT2D eigenvalue weighted by Gasteiger charge is 2.29. The highest BCUT2D eigenvalue weighted by Crippen LogP contribution is 2.24. The second-order valence-corrected chi connectivity index (χ2v) is 5.08. The maximum Gasteiger partial charge on any atom is 0.0710 e. The average Bonchev–Trinajstić information content (AvgIpc) is 2.66. The van der Waals surface area contributed by atoms with Crippen molar-refractivity contribution in [2.24, 2.45) is 5.41 Å². The van der Waals surface area contributed by atoms with Gasteiger partial charge in [0.25, 0.3) is 0 Å². The van der Waals surface area contributed by atoms with Crippen molar-refractivity contribution in [3.8, 4) is 0 Å². The fraction of sp³-hybridized carbons (Fsp3) is 1.00. The van der Waals surface area contributed by atoms with E-state index in [2.05, 4.69) is 24.1 Å². The van der Waals surface area contributed by atoms with E-state index in [0.29, 0.717) is 11.5 Å². The number of ether oxygens (including phenoxy) is 1. The molecule has 0 spiro atoms. The zero-order valence-electron chi connectivity index (χ0n) is 10.7. The molecule has 3 nitrogen and oxygen atoms in total. The molecule has 1 aliphatic heterocycles. The van der Waals surface area contributed by atoms with Gasteiger partial charge in [0.1, 0.15) is 0 Å². The van der Waals surface area contributed by atoms with Gasteiger partial charge in [-0.1, -0.05) is 13.8 Å². The normalized spacial score (nSPS) is 26.8. The van der Waals surface area contributed by atoms with Crippen LogP contribution in [0.1, 0.15) is 26.7 Å². The van der Waals surface area contributed by atoms with Crippen LogP contribution >= 0.6 is 0 Å². The second kappa shape index (κ2) is 5.83. The molecule has 0 aromatic rings. The number of hydrogen-bond acceptors (Lipinski definition) is 3. The van der Waals surface area contributed by atoms with E-state index in [1.54, 1.807) is 0 Å². The molecule has 1 fully saturated rings. The topological polar surface area (TPSA) is 24.5 Å². The summed E-state index contributed by atoms with van der Waals surface area (Å²) in [6, 6.07) is 0. The van der Waals surface area contributed by atoms with Gasteiger partial charge in [-0.05, 0) is 25.3 Å². The summed E-state index contributed by atoms with van der Waals surface area (Å²) < 4.78 is 5.39. The summed E-state index contributed by atoms with van der Waals surface area (Å²) in [5.74, 6) is 0. The molecule has 2 atom stereocenters. The molecule has 0 radical (unpaired) electrons. The Morgan fingerprint density at radius 3 is 2.73 bits per heavy atom. The lowest BCUT2D eigenvalue weighted by Crippen LogP contribution is -2.40. The predicted octanol–water partition coefficient (Wildman–Crippen LogP) is 1.34. The molecule has 1 saturated heterocycles. The van der Waals surface area contributed by atoms with Crippen molar-refractivity contribution < 1.29 is 4.74 Å². The van der Waals surface area contributed by atoms with Crippen LogP contribution in [0.15, 0.2) is 0 Å². The van der Waals surface area contributed by atoms with Crippen LogP contribution in [-0.4, -0.2) is 51.3 Å². The van der Waals surface area contributed by atoms with Crippen molar-refractivity contribution in [2.75, 3.05) is 40.3 Å². The molecule has 15 heavy (non-hydrogen) atoms. The maximum absolute atomic E-state index is 5.39. The molecule has 0 bridgehead atoms. The lowest BCUT2D eigenvalue weighted by molar-refractivity contribution is 0.0984. The van der Waals surface area contributed by atoms with Crippen molar-refractivity contribution >= 4 is 0 Å². The first-order valence-electron chi connectivity index (χ1n) is 6.03. The summed E-state index contributed by atoms with van der Waals surface area (Å²) in [4.78, 5) is 2.54. The first-order valence-corrected chi connectivity index (χ1v) is 6.03. The lowest BCUT2D eigenvalue weighted by atomic mass is 9.87. The summed E-state index contributed by atoms with van der Waals surface area (Å²) in [6.45, 7) is 9.22. The predicted molar refractivity (Wildman–Crippen MR) is 64.2 cm³/mol. The van der Waals surface area contributed by atoms with Gasteiger partial charge < -0.3 is 15.0 Å². The first kappa shape index (κ1) is 12.9. The Bertz CT molecular complexity index is 186.